The molecular formula is C18H17N3O3S. The molecule has 0 unspecified atom stereocenters. The Morgan fingerprint density at radius 1 is 1.28 bits per heavy atom. The van der Waals surface area contributed by atoms with Gasteiger partial charge < -0.3 is 14.6 Å². The number of carbonyl (C=O) groups is 1. The van der Waals surface area contributed by atoms with Gasteiger partial charge in [0.25, 0.3) is 0 Å². The van der Waals surface area contributed by atoms with Crippen molar-refractivity contribution in [2.75, 3.05) is 5.32 Å². The molecule has 0 aliphatic rings. The molecule has 2 aromatic heterocycles. The number of hydrogen-bond acceptors (Lipinski definition) is 6. The van der Waals surface area contributed by atoms with Crippen molar-refractivity contribution in [3.8, 4) is 10.8 Å². The topological polar surface area (TPSA) is 76.7 Å². The molecular weight excluding hydrogens is 338 g/mol. The highest BCUT2D eigenvalue weighted by atomic mass is 32.1. The molecule has 7 heteroatoms. The zero-order chi connectivity index (χ0) is 17.6. The molecule has 0 fully saturated rings. The van der Waals surface area contributed by atoms with E-state index < -0.39 is 0 Å². The summed E-state index contributed by atoms with van der Waals surface area (Å²) in [4.78, 5) is 21.7. The lowest BCUT2D eigenvalue weighted by Gasteiger charge is -2.04. The summed E-state index contributed by atoms with van der Waals surface area (Å²) in [6.07, 6.45) is 1.57. The number of aromatic nitrogens is 1. The van der Waals surface area contributed by atoms with Crippen LogP contribution < -0.4 is 5.32 Å². The van der Waals surface area contributed by atoms with Crippen molar-refractivity contribution in [3.63, 3.8) is 0 Å². The zero-order valence-electron chi connectivity index (χ0n) is 13.9. The normalized spacial score (nSPS) is 11.4. The van der Waals surface area contributed by atoms with Crippen LogP contribution in [-0.4, -0.2) is 16.6 Å². The molecule has 2 heterocycles. The van der Waals surface area contributed by atoms with E-state index in [1.165, 1.54) is 6.92 Å². The summed E-state index contributed by atoms with van der Waals surface area (Å²) < 4.78 is 5.43. The van der Waals surface area contributed by atoms with Crippen LogP contribution in [-0.2, 0) is 16.2 Å². The van der Waals surface area contributed by atoms with Crippen molar-refractivity contribution >= 4 is 28.6 Å². The first-order chi connectivity index (χ1) is 12.1. The monoisotopic (exact) mass is 355 g/mol. The minimum atomic E-state index is -0.101. The molecule has 0 saturated heterocycles. The molecule has 3 aromatic rings. The summed E-state index contributed by atoms with van der Waals surface area (Å²) in [5.41, 5.74) is 3.07. The van der Waals surface area contributed by atoms with Crippen LogP contribution in [0.5, 0.6) is 0 Å². The third kappa shape index (κ3) is 4.54. The molecule has 3 rings (SSSR count). The van der Waals surface area contributed by atoms with Gasteiger partial charge in [-0.2, -0.15) is 0 Å². The van der Waals surface area contributed by atoms with E-state index in [1.54, 1.807) is 17.6 Å². The molecule has 1 N–H and O–H groups in total. The third-order valence-electron chi connectivity index (χ3n) is 3.32. The standard InChI is InChI=1S/C18H17N3O3S/c1-12(14-5-7-15(8-6-14)19-13(2)22)21-24-11-16-10-23-18(20-16)17-4-3-9-25-17/h3-10H,11H2,1-2H3,(H,19,22)/b21-12+. The number of thiophene rings is 1. The summed E-state index contributed by atoms with van der Waals surface area (Å²) in [6.45, 7) is 3.56. The van der Waals surface area contributed by atoms with Gasteiger partial charge in [-0.05, 0) is 36.1 Å². The number of hydrogen-bond donors (Lipinski definition) is 1. The Balaban J connectivity index is 1.57. The van der Waals surface area contributed by atoms with Crippen molar-refractivity contribution in [1.29, 1.82) is 0 Å². The van der Waals surface area contributed by atoms with Crippen LogP contribution in [0, 0.1) is 0 Å². The molecule has 1 amide bonds. The molecule has 25 heavy (non-hydrogen) atoms. The lowest BCUT2D eigenvalue weighted by atomic mass is 10.1. The molecule has 0 spiro atoms. The summed E-state index contributed by atoms with van der Waals surface area (Å²) in [7, 11) is 0. The van der Waals surface area contributed by atoms with Crippen LogP contribution in [0.25, 0.3) is 10.8 Å². The first kappa shape index (κ1) is 16.9. The first-order valence-corrected chi connectivity index (χ1v) is 8.52. The van der Waals surface area contributed by atoms with Crippen molar-refractivity contribution in [2.24, 2.45) is 5.16 Å². The third-order valence-corrected chi connectivity index (χ3v) is 4.18. The Kier molecular flexibility index (Phi) is 5.25. The molecule has 6 nitrogen and oxygen atoms in total. The van der Waals surface area contributed by atoms with Crippen LogP contribution >= 0.6 is 11.3 Å². The van der Waals surface area contributed by atoms with Crippen molar-refractivity contribution in [2.45, 2.75) is 20.5 Å². The van der Waals surface area contributed by atoms with Gasteiger partial charge in [-0.3, -0.25) is 4.79 Å². The van der Waals surface area contributed by atoms with Crippen LogP contribution in [0.3, 0.4) is 0 Å². The number of nitrogens with one attached hydrogen (secondary N) is 1. The van der Waals surface area contributed by atoms with Gasteiger partial charge in [-0.15, -0.1) is 11.3 Å². The maximum Gasteiger partial charge on any atom is 0.236 e. The highest BCUT2D eigenvalue weighted by Crippen LogP contribution is 2.23. The number of oxime groups is 1. The van der Waals surface area contributed by atoms with Gasteiger partial charge in [-0.25, -0.2) is 4.98 Å². The van der Waals surface area contributed by atoms with E-state index in [0.29, 0.717) is 11.6 Å². The number of nitrogens with zero attached hydrogens (tertiary/aromatic N) is 2. The Hall–Kier alpha value is -2.93. The molecule has 0 saturated carbocycles. The molecule has 0 aliphatic heterocycles. The van der Waals surface area contributed by atoms with E-state index in [0.717, 1.165) is 21.8 Å². The zero-order valence-corrected chi connectivity index (χ0v) is 14.7. The Morgan fingerprint density at radius 2 is 2.08 bits per heavy atom. The SMILES string of the molecule is CC(=O)Nc1ccc(/C(C)=N/OCc2coc(-c3cccs3)n2)cc1. The fourth-order valence-corrected chi connectivity index (χ4v) is 2.79. The predicted molar refractivity (Wildman–Crippen MR) is 97.6 cm³/mol. The minimum absolute atomic E-state index is 0.101. The van der Waals surface area contributed by atoms with Crippen LogP contribution in [0.1, 0.15) is 25.1 Å². The lowest BCUT2D eigenvalue weighted by molar-refractivity contribution is -0.114. The van der Waals surface area contributed by atoms with E-state index >= 15 is 0 Å². The molecule has 128 valence electrons. The number of carbonyl (C=O) groups excluding carboxylic acids is 1. The molecule has 0 atom stereocenters. The van der Waals surface area contributed by atoms with Crippen molar-refractivity contribution in [1.82, 2.24) is 4.98 Å². The number of benzene rings is 1. The van der Waals surface area contributed by atoms with Gasteiger partial charge in [0.1, 0.15) is 12.0 Å². The number of anilines is 1. The van der Waals surface area contributed by atoms with Crippen molar-refractivity contribution < 1.29 is 14.0 Å². The number of oxazole rings is 1. The van der Waals surface area contributed by atoms with Crippen LogP contribution in [0.4, 0.5) is 5.69 Å². The first-order valence-electron chi connectivity index (χ1n) is 7.64. The van der Waals surface area contributed by atoms with E-state index in [-0.39, 0.29) is 12.5 Å². The number of rotatable bonds is 6. The van der Waals surface area contributed by atoms with Crippen LogP contribution in [0.15, 0.2) is 57.6 Å². The van der Waals surface area contributed by atoms with Gasteiger partial charge >= 0.3 is 0 Å². The smallest absolute Gasteiger partial charge is 0.236 e. The Bertz CT molecular complexity index is 867. The maximum atomic E-state index is 11.0. The van der Waals surface area contributed by atoms with E-state index in [4.69, 9.17) is 9.25 Å². The van der Waals surface area contributed by atoms with Gasteiger partial charge in [0, 0.05) is 12.6 Å². The summed E-state index contributed by atoms with van der Waals surface area (Å²) >= 11 is 1.57. The van der Waals surface area contributed by atoms with E-state index in [9.17, 15) is 4.79 Å². The fourth-order valence-electron chi connectivity index (χ4n) is 2.13. The van der Waals surface area contributed by atoms with Gasteiger partial charge in [0.2, 0.25) is 11.8 Å². The Morgan fingerprint density at radius 3 is 2.76 bits per heavy atom. The van der Waals surface area contributed by atoms with Crippen LogP contribution in [0.2, 0.25) is 0 Å². The average Bonchev–Trinajstić information content (AvgIpc) is 3.26. The lowest BCUT2D eigenvalue weighted by Crippen LogP contribution is -2.06. The maximum absolute atomic E-state index is 11.0. The van der Waals surface area contributed by atoms with Crippen molar-refractivity contribution in [3.05, 3.63) is 59.3 Å². The largest absolute Gasteiger partial charge is 0.443 e. The molecule has 0 aliphatic carbocycles. The predicted octanol–water partition coefficient (Wildman–Crippen LogP) is 4.30. The fraction of sp³-hybridized carbons (Fsp3) is 0.167. The molecule has 0 bridgehead atoms. The Labute approximate surface area is 149 Å². The highest BCUT2D eigenvalue weighted by Gasteiger charge is 2.08. The second kappa shape index (κ2) is 7.76. The second-order valence-corrected chi connectivity index (χ2v) is 6.28. The molecule has 1 aromatic carbocycles. The minimum Gasteiger partial charge on any atom is -0.443 e. The summed E-state index contributed by atoms with van der Waals surface area (Å²) in [5, 5.41) is 8.80. The van der Waals surface area contributed by atoms with E-state index in [2.05, 4.69) is 15.5 Å². The average molecular weight is 355 g/mol. The highest BCUT2D eigenvalue weighted by molar-refractivity contribution is 7.13. The summed E-state index contributed by atoms with van der Waals surface area (Å²) in [5.74, 6) is 0.485. The second-order valence-electron chi connectivity index (χ2n) is 5.33. The van der Waals surface area contributed by atoms with Gasteiger partial charge in [0.15, 0.2) is 6.61 Å². The summed E-state index contributed by atoms with van der Waals surface area (Å²) in [6, 6.07) is 11.3. The van der Waals surface area contributed by atoms with E-state index in [1.807, 2.05) is 48.7 Å². The molecule has 0 radical (unpaired) electrons. The quantitative estimate of drug-likeness (QED) is 0.528. The number of amides is 1. The van der Waals surface area contributed by atoms with Gasteiger partial charge in [0.05, 0.1) is 10.6 Å². The van der Waals surface area contributed by atoms with Gasteiger partial charge in [-0.1, -0.05) is 23.4 Å².